The van der Waals surface area contributed by atoms with Gasteiger partial charge in [0.05, 0.1) is 18.0 Å². The van der Waals surface area contributed by atoms with Crippen molar-refractivity contribution in [3.63, 3.8) is 0 Å². The standard InChI is InChI=1S/C24H35N3O3/c1-22(30)8-9-23(2)15(12-22)4-5-16-17-6-7-18(20(29)14-27-25-10-11-26-27)24(17,3)13-19(28)21(16)23/h10-11,15-18,21,30H,4-9,12-14H2,1-3H3/t15-,16-,17-,18+,21+,22+,23-,24-/m0/s1. The highest BCUT2D eigenvalue weighted by atomic mass is 16.3. The Kier molecular flexibility index (Phi) is 4.56. The minimum atomic E-state index is -0.589. The van der Waals surface area contributed by atoms with Gasteiger partial charge >= 0.3 is 0 Å². The van der Waals surface area contributed by atoms with Crippen molar-refractivity contribution in [1.82, 2.24) is 15.0 Å². The van der Waals surface area contributed by atoms with Gasteiger partial charge in [-0.3, -0.25) is 9.59 Å². The van der Waals surface area contributed by atoms with E-state index in [0.29, 0.717) is 30.0 Å². The summed E-state index contributed by atoms with van der Waals surface area (Å²) in [4.78, 5) is 28.3. The third-order valence-corrected chi connectivity index (χ3v) is 9.79. The van der Waals surface area contributed by atoms with E-state index < -0.39 is 5.60 Å². The summed E-state index contributed by atoms with van der Waals surface area (Å²) in [5, 5.41) is 18.8. The Morgan fingerprint density at radius 2 is 1.83 bits per heavy atom. The molecule has 1 aromatic heterocycles. The van der Waals surface area contributed by atoms with Gasteiger partial charge in [-0.05, 0) is 80.5 Å². The molecule has 4 fully saturated rings. The van der Waals surface area contributed by atoms with Crippen molar-refractivity contribution >= 4 is 11.6 Å². The molecule has 4 saturated carbocycles. The summed E-state index contributed by atoms with van der Waals surface area (Å²) in [5.74, 6) is 1.85. The Labute approximate surface area is 178 Å². The van der Waals surface area contributed by atoms with E-state index in [4.69, 9.17) is 0 Å². The Morgan fingerprint density at radius 3 is 2.57 bits per heavy atom. The van der Waals surface area contributed by atoms with Gasteiger partial charge in [-0.2, -0.15) is 15.0 Å². The van der Waals surface area contributed by atoms with Gasteiger partial charge in [-0.15, -0.1) is 0 Å². The van der Waals surface area contributed by atoms with Crippen LogP contribution in [0.1, 0.15) is 72.1 Å². The fraction of sp³-hybridized carbons (Fsp3) is 0.833. The monoisotopic (exact) mass is 413 g/mol. The molecule has 6 nitrogen and oxygen atoms in total. The molecule has 0 aromatic carbocycles. The largest absolute Gasteiger partial charge is 0.390 e. The summed E-state index contributed by atoms with van der Waals surface area (Å²) >= 11 is 0. The van der Waals surface area contributed by atoms with Crippen LogP contribution in [0.2, 0.25) is 0 Å². The van der Waals surface area contributed by atoms with Crippen LogP contribution in [0, 0.1) is 40.4 Å². The second-order valence-corrected chi connectivity index (χ2v) is 11.5. The Hall–Kier alpha value is -1.56. The van der Waals surface area contributed by atoms with Gasteiger partial charge < -0.3 is 5.11 Å². The van der Waals surface area contributed by atoms with Crippen molar-refractivity contribution in [1.29, 1.82) is 0 Å². The molecule has 1 aromatic rings. The fourth-order valence-electron chi connectivity index (χ4n) is 8.35. The summed E-state index contributed by atoms with van der Waals surface area (Å²) in [7, 11) is 0. The van der Waals surface area contributed by atoms with Crippen LogP contribution in [0.15, 0.2) is 12.4 Å². The SMILES string of the molecule is C[C@@]1(O)CC[C@@]2(C)[C@@H](CC[C@H]3[C@@H]4CC[C@H](C(=O)Cn5nccn5)[C@@]4(C)CC(=O)[C@@H]32)C1. The van der Waals surface area contributed by atoms with Crippen molar-refractivity contribution in [2.24, 2.45) is 40.4 Å². The molecule has 0 spiro atoms. The topological polar surface area (TPSA) is 85.1 Å². The zero-order valence-electron chi connectivity index (χ0n) is 18.5. The van der Waals surface area contributed by atoms with Crippen LogP contribution >= 0.6 is 0 Å². The number of rotatable bonds is 3. The second-order valence-electron chi connectivity index (χ2n) is 11.5. The maximum Gasteiger partial charge on any atom is 0.159 e. The minimum absolute atomic E-state index is 0.00461. The number of carbonyl (C=O) groups is 2. The van der Waals surface area contributed by atoms with Crippen LogP contribution in [0.25, 0.3) is 0 Å². The third kappa shape index (κ3) is 2.93. The molecular formula is C24H35N3O3. The molecule has 4 aliphatic rings. The molecule has 1 heterocycles. The van der Waals surface area contributed by atoms with Crippen LogP contribution in [-0.4, -0.2) is 37.3 Å². The second kappa shape index (κ2) is 6.72. The summed E-state index contributed by atoms with van der Waals surface area (Å²) < 4.78 is 0. The highest BCUT2D eigenvalue weighted by Crippen LogP contribution is 2.67. The molecule has 0 radical (unpaired) electrons. The van der Waals surface area contributed by atoms with Crippen LogP contribution in [0.3, 0.4) is 0 Å². The lowest BCUT2D eigenvalue weighted by Gasteiger charge is -2.60. The van der Waals surface area contributed by atoms with Crippen LogP contribution in [0.4, 0.5) is 0 Å². The Balaban J connectivity index is 1.41. The highest BCUT2D eigenvalue weighted by molar-refractivity contribution is 5.87. The normalized spacial score (nSPS) is 48.0. The van der Waals surface area contributed by atoms with Crippen molar-refractivity contribution in [3.05, 3.63) is 12.4 Å². The number of hydrogen-bond acceptors (Lipinski definition) is 5. The maximum atomic E-state index is 13.7. The molecule has 30 heavy (non-hydrogen) atoms. The molecule has 0 saturated heterocycles. The summed E-state index contributed by atoms with van der Waals surface area (Å²) in [6.07, 6.45) is 10.4. The maximum absolute atomic E-state index is 13.7. The first-order valence-electron chi connectivity index (χ1n) is 11.8. The number of Topliss-reactive ketones (excluding diaryl/α,β-unsaturated/α-hetero) is 2. The molecule has 0 amide bonds. The molecule has 1 N–H and O–H groups in total. The zero-order chi connectivity index (χ0) is 21.3. The van der Waals surface area contributed by atoms with Crippen LogP contribution in [-0.2, 0) is 16.1 Å². The number of aliphatic hydroxyl groups is 1. The number of ketones is 2. The van der Waals surface area contributed by atoms with Crippen LogP contribution < -0.4 is 0 Å². The Bertz CT molecular complexity index is 850. The average molecular weight is 414 g/mol. The lowest BCUT2D eigenvalue weighted by molar-refractivity contribution is -0.168. The molecule has 0 aliphatic heterocycles. The lowest BCUT2D eigenvalue weighted by Crippen LogP contribution is -2.59. The quantitative estimate of drug-likeness (QED) is 0.820. The number of aromatic nitrogens is 3. The van der Waals surface area contributed by atoms with Gasteiger partial charge in [0.2, 0.25) is 0 Å². The smallest absolute Gasteiger partial charge is 0.159 e. The average Bonchev–Trinajstić information content (AvgIpc) is 3.28. The van der Waals surface area contributed by atoms with Gasteiger partial charge in [0.25, 0.3) is 0 Å². The van der Waals surface area contributed by atoms with E-state index >= 15 is 0 Å². The van der Waals surface area contributed by atoms with E-state index in [-0.39, 0.29) is 35.0 Å². The van der Waals surface area contributed by atoms with E-state index in [1.54, 1.807) is 12.4 Å². The first kappa shape index (κ1) is 20.3. The first-order valence-corrected chi connectivity index (χ1v) is 11.8. The van der Waals surface area contributed by atoms with Crippen molar-refractivity contribution in [3.8, 4) is 0 Å². The first-order chi connectivity index (χ1) is 14.1. The highest BCUT2D eigenvalue weighted by Gasteiger charge is 2.64. The van der Waals surface area contributed by atoms with E-state index in [1.165, 1.54) is 4.80 Å². The van der Waals surface area contributed by atoms with Crippen molar-refractivity contribution in [2.75, 3.05) is 0 Å². The molecule has 6 heteroatoms. The summed E-state index contributed by atoms with van der Waals surface area (Å²) in [5.41, 5.74) is -0.814. The molecule has 0 bridgehead atoms. The predicted molar refractivity (Wildman–Crippen MR) is 111 cm³/mol. The molecule has 4 aliphatic carbocycles. The van der Waals surface area contributed by atoms with Crippen LogP contribution in [0.5, 0.6) is 0 Å². The van der Waals surface area contributed by atoms with Gasteiger partial charge in [0, 0.05) is 18.3 Å². The van der Waals surface area contributed by atoms with E-state index in [2.05, 4.69) is 24.0 Å². The number of fused-ring (bicyclic) bond motifs is 5. The summed E-state index contributed by atoms with van der Waals surface area (Å²) in [6, 6.07) is 0. The number of hydrogen-bond donors (Lipinski definition) is 1. The van der Waals surface area contributed by atoms with E-state index in [1.807, 2.05) is 6.92 Å². The van der Waals surface area contributed by atoms with Gasteiger partial charge in [0.1, 0.15) is 12.3 Å². The van der Waals surface area contributed by atoms with Gasteiger partial charge in [0.15, 0.2) is 5.78 Å². The fourth-order valence-corrected chi connectivity index (χ4v) is 8.35. The molecule has 164 valence electrons. The Morgan fingerprint density at radius 1 is 1.10 bits per heavy atom. The van der Waals surface area contributed by atoms with Crippen molar-refractivity contribution in [2.45, 2.75) is 84.3 Å². The minimum Gasteiger partial charge on any atom is -0.390 e. The molecule has 8 atom stereocenters. The van der Waals surface area contributed by atoms with Gasteiger partial charge in [-0.1, -0.05) is 13.8 Å². The zero-order valence-corrected chi connectivity index (χ0v) is 18.5. The molecule has 0 unspecified atom stereocenters. The molecular weight excluding hydrogens is 378 g/mol. The third-order valence-electron chi connectivity index (χ3n) is 9.79. The van der Waals surface area contributed by atoms with Crippen molar-refractivity contribution < 1.29 is 14.7 Å². The molecule has 5 rings (SSSR count). The number of carbonyl (C=O) groups excluding carboxylic acids is 2. The van der Waals surface area contributed by atoms with Gasteiger partial charge in [-0.25, -0.2) is 0 Å². The van der Waals surface area contributed by atoms with E-state index in [9.17, 15) is 14.7 Å². The predicted octanol–water partition coefficient (Wildman–Crippen LogP) is 3.44. The lowest BCUT2D eigenvalue weighted by atomic mass is 9.43. The van der Waals surface area contributed by atoms with E-state index in [0.717, 1.165) is 44.9 Å². The number of nitrogens with zero attached hydrogens (tertiary/aromatic N) is 3. The summed E-state index contributed by atoms with van der Waals surface area (Å²) in [6.45, 7) is 6.69.